The summed E-state index contributed by atoms with van der Waals surface area (Å²) in [4.78, 5) is 0. The Labute approximate surface area is 122 Å². The molecule has 2 aromatic rings. The fraction of sp³-hybridized carbons (Fsp3) is 0.400. The second kappa shape index (κ2) is 5.10. The zero-order valence-electron chi connectivity index (χ0n) is 11.9. The molecule has 0 spiro atoms. The van der Waals surface area contributed by atoms with Crippen molar-refractivity contribution in [3.8, 4) is 11.3 Å². The first-order valence-electron chi connectivity index (χ1n) is 6.37. The zero-order chi connectivity index (χ0) is 14.2. The van der Waals surface area contributed by atoms with Gasteiger partial charge in [0.15, 0.2) is 0 Å². The lowest BCUT2D eigenvalue weighted by atomic mass is 9.86. The number of rotatable bonds is 2. The summed E-state index contributed by atoms with van der Waals surface area (Å²) in [5.41, 5.74) is 10.3. The van der Waals surface area contributed by atoms with Crippen LogP contribution < -0.4 is 5.73 Å². The van der Waals surface area contributed by atoms with Crippen LogP contribution in [-0.2, 0) is 19.0 Å². The van der Waals surface area contributed by atoms with Crippen molar-refractivity contribution in [1.29, 1.82) is 0 Å². The molecule has 0 atom stereocenters. The van der Waals surface area contributed by atoms with Crippen molar-refractivity contribution >= 4 is 15.9 Å². The van der Waals surface area contributed by atoms with Crippen molar-refractivity contribution in [3.63, 3.8) is 0 Å². The Hall–Kier alpha value is -1.13. The molecule has 0 radical (unpaired) electrons. The van der Waals surface area contributed by atoms with Gasteiger partial charge < -0.3 is 5.73 Å². The minimum atomic E-state index is 0.171. The van der Waals surface area contributed by atoms with E-state index in [1.165, 1.54) is 5.56 Å². The lowest BCUT2D eigenvalue weighted by Gasteiger charge is -2.19. The fourth-order valence-electron chi connectivity index (χ4n) is 2.13. The van der Waals surface area contributed by atoms with Gasteiger partial charge in [0.25, 0.3) is 0 Å². The minimum Gasteiger partial charge on any atom is -0.325 e. The lowest BCUT2D eigenvalue weighted by molar-refractivity contribution is 0.590. The maximum atomic E-state index is 5.69. The van der Waals surface area contributed by atoms with Crippen LogP contribution in [0.15, 0.2) is 28.7 Å². The molecule has 0 saturated heterocycles. The number of hydrogen-bond acceptors (Lipinski definition) is 2. The molecule has 0 aliphatic carbocycles. The van der Waals surface area contributed by atoms with Gasteiger partial charge in [-0.15, -0.1) is 0 Å². The Kier molecular flexibility index (Phi) is 3.83. The summed E-state index contributed by atoms with van der Waals surface area (Å²) in [6, 6.07) is 8.64. The summed E-state index contributed by atoms with van der Waals surface area (Å²) in [5.74, 6) is 0. The highest BCUT2D eigenvalue weighted by Gasteiger charge is 2.16. The molecule has 0 unspecified atom stereocenters. The summed E-state index contributed by atoms with van der Waals surface area (Å²) < 4.78 is 2.86. The van der Waals surface area contributed by atoms with E-state index in [1.807, 2.05) is 11.7 Å². The molecule has 2 rings (SSSR count). The van der Waals surface area contributed by atoms with Gasteiger partial charge in [0, 0.05) is 19.2 Å². The van der Waals surface area contributed by atoms with E-state index < -0.39 is 0 Å². The van der Waals surface area contributed by atoms with Gasteiger partial charge in [-0.05, 0) is 26.9 Å². The molecule has 1 aromatic carbocycles. The Bertz CT molecular complexity index is 577. The van der Waals surface area contributed by atoms with Crippen LogP contribution in [0.1, 0.15) is 32.0 Å². The molecular weight excluding hydrogens is 302 g/mol. The van der Waals surface area contributed by atoms with Crippen LogP contribution in [0.5, 0.6) is 0 Å². The van der Waals surface area contributed by atoms with Gasteiger partial charge in [-0.25, -0.2) is 0 Å². The standard InChI is InChI=1S/C15H20BrN3/c1-15(2,3)11-7-5-10(6-8-11)14-13(16)12(9-17)18-19(14)4/h5-8H,9,17H2,1-4H3. The number of nitrogens with zero attached hydrogens (tertiary/aromatic N) is 2. The van der Waals surface area contributed by atoms with E-state index in [1.54, 1.807) is 0 Å². The summed E-state index contributed by atoms with van der Waals surface area (Å²) >= 11 is 3.59. The first kappa shape index (κ1) is 14.3. The maximum absolute atomic E-state index is 5.69. The Morgan fingerprint density at radius 1 is 1.21 bits per heavy atom. The average molecular weight is 322 g/mol. The largest absolute Gasteiger partial charge is 0.325 e. The number of aromatic nitrogens is 2. The molecule has 2 N–H and O–H groups in total. The summed E-state index contributed by atoms with van der Waals surface area (Å²) in [6.45, 7) is 7.09. The molecule has 102 valence electrons. The third kappa shape index (κ3) is 2.74. The van der Waals surface area contributed by atoms with Gasteiger partial charge in [-0.1, -0.05) is 45.0 Å². The Balaban J connectivity index is 2.46. The summed E-state index contributed by atoms with van der Waals surface area (Å²) in [7, 11) is 1.94. The van der Waals surface area contributed by atoms with Crippen molar-refractivity contribution in [3.05, 3.63) is 40.0 Å². The Morgan fingerprint density at radius 2 is 1.79 bits per heavy atom. The van der Waals surface area contributed by atoms with E-state index in [0.29, 0.717) is 6.54 Å². The first-order valence-corrected chi connectivity index (χ1v) is 7.16. The second-order valence-electron chi connectivity index (χ2n) is 5.76. The average Bonchev–Trinajstić information content (AvgIpc) is 2.63. The number of halogens is 1. The lowest BCUT2D eigenvalue weighted by Crippen LogP contribution is -2.10. The van der Waals surface area contributed by atoms with Crippen LogP contribution in [0.3, 0.4) is 0 Å². The molecule has 0 amide bonds. The molecule has 1 heterocycles. The molecule has 0 aliphatic rings. The smallest absolute Gasteiger partial charge is 0.0908 e. The summed E-state index contributed by atoms with van der Waals surface area (Å²) in [5, 5.41) is 4.42. The number of nitrogens with two attached hydrogens (primary N) is 1. The highest BCUT2D eigenvalue weighted by Crippen LogP contribution is 2.32. The predicted molar refractivity (Wildman–Crippen MR) is 82.9 cm³/mol. The van der Waals surface area contributed by atoms with E-state index in [4.69, 9.17) is 5.73 Å². The van der Waals surface area contributed by atoms with Gasteiger partial charge in [0.1, 0.15) is 0 Å². The van der Waals surface area contributed by atoms with E-state index in [0.717, 1.165) is 21.4 Å². The first-order chi connectivity index (χ1) is 8.84. The number of aryl methyl sites for hydroxylation is 1. The quantitative estimate of drug-likeness (QED) is 0.918. The molecule has 0 bridgehead atoms. The third-order valence-electron chi connectivity index (χ3n) is 3.27. The predicted octanol–water partition coefficient (Wildman–Crippen LogP) is 3.61. The van der Waals surface area contributed by atoms with Crippen molar-refractivity contribution in [2.24, 2.45) is 12.8 Å². The molecule has 0 aliphatic heterocycles. The van der Waals surface area contributed by atoms with Crippen molar-refractivity contribution in [2.45, 2.75) is 32.7 Å². The minimum absolute atomic E-state index is 0.171. The molecule has 0 fully saturated rings. The molecule has 3 nitrogen and oxygen atoms in total. The van der Waals surface area contributed by atoms with E-state index in [9.17, 15) is 0 Å². The normalized spacial score (nSPS) is 11.9. The van der Waals surface area contributed by atoms with E-state index >= 15 is 0 Å². The van der Waals surface area contributed by atoms with Crippen LogP contribution in [0.25, 0.3) is 11.3 Å². The van der Waals surface area contributed by atoms with Crippen LogP contribution in [-0.4, -0.2) is 9.78 Å². The van der Waals surface area contributed by atoms with Crippen LogP contribution in [0.2, 0.25) is 0 Å². The van der Waals surface area contributed by atoms with E-state index in [2.05, 4.69) is 66.1 Å². The van der Waals surface area contributed by atoms with Gasteiger partial charge in [0.2, 0.25) is 0 Å². The maximum Gasteiger partial charge on any atom is 0.0908 e. The van der Waals surface area contributed by atoms with Crippen molar-refractivity contribution < 1.29 is 0 Å². The molecule has 1 aromatic heterocycles. The highest BCUT2D eigenvalue weighted by atomic mass is 79.9. The van der Waals surface area contributed by atoms with Gasteiger partial charge in [-0.2, -0.15) is 5.10 Å². The fourth-order valence-corrected chi connectivity index (χ4v) is 2.85. The summed E-state index contributed by atoms with van der Waals surface area (Å²) in [6.07, 6.45) is 0. The molecule has 4 heteroatoms. The van der Waals surface area contributed by atoms with E-state index in [-0.39, 0.29) is 5.41 Å². The monoisotopic (exact) mass is 321 g/mol. The second-order valence-corrected chi connectivity index (χ2v) is 6.56. The highest BCUT2D eigenvalue weighted by molar-refractivity contribution is 9.10. The van der Waals surface area contributed by atoms with Crippen molar-refractivity contribution in [1.82, 2.24) is 9.78 Å². The molecule has 0 saturated carbocycles. The zero-order valence-corrected chi connectivity index (χ0v) is 13.5. The molecular formula is C15H20BrN3. The van der Waals surface area contributed by atoms with Gasteiger partial charge >= 0.3 is 0 Å². The number of benzene rings is 1. The third-order valence-corrected chi connectivity index (χ3v) is 4.11. The number of hydrogen-bond donors (Lipinski definition) is 1. The van der Waals surface area contributed by atoms with Crippen LogP contribution in [0, 0.1) is 0 Å². The van der Waals surface area contributed by atoms with Crippen LogP contribution in [0.4, 0.5) is 0 Å². The van der Waals surface area contributed by atoms with Gasteiger partial charge in [0.05, 0.1) is 15.9 Å². The molecule has 19 heavy (non-hydrogen) atoms. The van der Waals surface area contributed by atoms with Crippen molar-refractivity contribution in [2.75, 3.05) is 0 Å². The Morgan fingerprint density at radius 3 is 2.21 bits per heavy atom. The van der Waals surface area contributed by atoms with Gasteiger partial charge in [-0.3, -0.25) is 4.68 Å². The van der Waals surface area contributed by atoms with Crippen LogP contribution >= 0.6 is 15.9 Å². The SMILES string of the molecule is Cn1nc(CN)c(Br)c1-c1ccc(C(C)(C)C)cc1. The topological polar surface area (TPSA) is 43.8 Å².